The molecule has 0 saturated carbocycles. The Bertz CT molecular complexity index is 690. The van der Waals surface area contributed by atoms with Gasteiger partial charge in [0.05, 0.1) is 11.0 Å². The first-order valence-corrected chi connectivity index (χ1v) is 9.44. The lowest BCUT2D eigenvalue weighted by molar-refractivity contribution is -0.387. The van der Waals surface area contributed by atoms with Crippen LogP contribution in [0.25, 0.3) is 0 Å². The normalized spacial score (nSPS) is 17.1. The van der Waals surface area contributed by atoms with Gasteiger partial charge in [-0.25, -0.2) is 8.42 Å². The van der Waals surface area contributed by atoms with Crippen molar-refractivity contribution < 1.29 is 18.1 Å². The number of nitrogens with zero attached hydrogens (tertiary/aromatic N) is 2. The van der Waals surface area contributed by atoms with Gasteiger partial charge in [-0.15, -0.1) is 0 Å². The number of nitrogens with two attached hydrogens (primary N) is 1. The van der Waals surface area contributed by atoms with Crippen LogP contribution in [0.4, 0.5) is 5.69 Å². The second-order valence-corrected chi connectivity index (χ2v) is 7.83. The van der Waals surface area contributed by atoms with Crippen LogP contribution in [0.5, 0.6) is 0 Å². The van der Waals surface area contributed by atoms with Crippen molar-refractivity contribution in [3.63, 3.8) is 0 Å². The van der Waals surface area contributed by atoms with Crippen LogP contribution in [0, 0.1) is 10.1 Å². The van der Waals surface area contributed by atoms with Gasteiger partial charge in [0.1, 0.15) is 0 Å². The molecule has 8 nitrogen and oxygen atoms in total. The Morgan fingerprint density at radius 1 is 1.38 bits per heavy atom. The Morgan fingerprint density at radius 3 is 2.62 bits per heavy atom. The molecule has 0 aliphatic carbocycles. The maximum Gasteiger partial charge on any atom is 0.290 e. The molecule has 0 unspecified atom stereocenters. The van der Waals surface area contributed by atoms with E-state index in [1.165, 1.54) is 16.4 Å². The van der Waals surface area contributed by atoms with Gasteiger partial charge in [-0.2, -0.15) is 4.31 Å². The number of benzene rings is 1. The molecule has 2 N–H and O–H groups in total. The van der Waals surface area contributed by atoms with Crippen molar-refractivity contribution in [3.8, 4) is 0 Å². The number of rotatable bonds is 7. The van der Waals surface area contributed by atoms with E-state index in [1.807, 2.05) is 0 Å². The van der Waals surface area contributed by atoms with E-state index < -0.39 is 20.6 Å². The number of hydrogen-bond acceptors (Lipinski definition) is 6. The number of piperidine rings is 1. The Balaban J connectivity index is 2.11. The monoisotopic (exact) mass is 377 g/mol. The van der Waals surface area contributed by atoms with Crippen LogP contribution >= 0.6 is 11.6 Å². The molecule has 0 atom stereocenters. The molecule has 134 valence electrons. The summed E-state index contributed by atoms with van der Waals surface area (Å²) in [5, 5.41) is 11.3. The molecule has 0 bridgehead atoms. The van der Waals surface area contributed by atoms with Crippen molar-refractivity contribution in [2.75, 3.05) is 26.2 Å². The molecule has 0 aromatic heterocycles. The van der Waals surface area contributed by atoms with E-state index in [-0.39, 0.29) is 29.1 Å². The average Bonchev–Trinajstić information content (AvgIpc) is 2.55. The third-order valence-electron chi connectivity index (χ3n) is 3.84. The van der Waals surface area contributed by atoms with E-state index in [2.05, 4.69) is 0 Å². The minimum Gasteiger partial charge on any atom is -0.378 e. The Morgan fingerprint density at radius 2 is 2.04 bits per heavy atom. The minimum atomic E-state index is -3.95. The Kier molecular flexibility index (Phi) is 6.53. The van der Waals surface area contributed by atoms with Crippen molar-refractivity contribution in [2.24, 2.45) is 5.73 Å². The molecule has 24 heavy (non-hydrogen) atoms. The van der Waals surface area contributed by atoms with Crippen LogP contribution in [-0.2, 0) is 14.8 Å². The van der Waals surface area contributed by atoms with E-state index in [4.69, 9.17) is 22.1 Å². The summed E-state index contributed by atoms with van der Waals surface area (Å²) in [6.07, 6.45) is 1.84. The summed E-state index contributed by atoms with van der Waals surface area (Å²) in [4.78, 5) is 10.1. The number of nitro groups is 1. The second-order valence-electron chi connectivity index (χ2n) is 5.49. The van der Waals surface area contributed by atoms with Crippen molar-refractivity contribution >= 4 is 27.3 Å². The van der Waals surface area contributed by atoms with Crippen molar-refractivity contribution in [2.45, 2.75) is 30.3 Å². The summed E-state index contributed by atoms with van der Waals surface area (Å²) in [5.74, 6) is 0. The molecular formula is C14H20ClN3O5S. The summed E-state index contributed by atoms with van der Waals surface area (Å²) >= 11 is 5.74. The molecule has 10 heteroatoms. The van der Waals surface area contributed by atoms with Crippen molar-refractivity contribution in [1.29, 1.82) is 0 Å². The first-order chi connectivity index (χ1) is 11.4. The molecule has 0 radical (unpaired) electrons. The predicted molar refractivity (Wildman–Crippen MR) is 89.5 cm³/mol. The zero-order valence-corrected chi connectivity index (χ0v) is 14.6. The zero-order chi connectivity index (χ0) is 17.7. The van der Waals surface area contributed by atoms with Gasteiger partial charge in [-0.05, 0) is 37.9 Å². The van der Waals surface area contributed by atoms with Crippen LogP contribution in [-0.4, -0.2) is 50.0 Å². The molecule has 0 spiro atoms. The van der Waals surface area contributed by atoms with E-state index >= 15 is 0 Å². The summed E-state index contributed by atoms with van der Waals surface area (Å²) in [6, 6.07) is 3.57. The highest BCUT2D eigenvalue weighted by Crippen LogP contribution is 2.31. The lowest BCUT2D eigenvalue weighted by Crippen LogP contribution is -2.41. The molecule has 2 rings (SSSR count). The fraction of sp³-hybridized carbons (Fsp3) is 0.571. The zero-order valence-electron chi connectivity index (χ0n) is 13.1. The summed E-state index contributed by atoms with van der Waals surface area (Å²) in [5.41, 5.74) is 4.89. The quantitative estimate of drug-likeness (QED) is 0.439. The molecule has 1 aliphatic heterocycles. The molecule has 0 amide bonds. The highest BCUT2D eigenvalue weighted by molar-refractivity contribution is 7.89. The third kappa shape index (κ3) is 4.42. The van der Waals surface area contributed by atoms with Crippen LogP contribution in [0.1, 0.15) is 19.3 Å². The number of hydrogen-bond donors (Lipinski definition) is 1. The maximum absolute atomic E-state index is 12.7. The van der Waals surface area contributed by atoms with Crippen LogP contribution in [0.15, 0.2) is 23.1 Å². The predicted octanol–water partition coefficient (Wildman–Crippen LogP) is 1.77. The molecule has 1 aliphatic rings. The lowest BCUT2D eigenvalue weighted by Gasteiger charge is -2.31. The molecular weight excluding hydrogens is 358 g/mol. The Hall–Kier alpha value is -1.26. The highest BCUT2D eigenvalue weighted by atomic mass is 35.5. The Labute approximate surface area is 145 Å². The topological polar surface area (TPSA) is 116 Å². The summed E-state index contributed by atoms with van der Waals surface area (Å²) in [7, 11) is -3.95. The van der Waals surface area contributed by atoms with Gasteiger partial charge in [0.15, 0.2) is 4.90 Å². The summed E-state index contributed by atoms with van der Waals surface area (Å²) < 4.78 is 32.3. The number of nitro benzene ring substituents is 1. The number of halogens is 1. The lowest BCUT2D eigenvalue weighted by atomic mass is 10.1. The third-order valence-corrected chi connectivity index (χ3v) is 6.02. The maximum atomic E-state index is 12.7. The molecule has 1 aromatic carbocycles. The van der Waals surface area contributed by atoms with Gasteiger partial charge < -0.3 is 10.5 Å². The first kappa shape index (κ1) is 19.1. The fourth-order valence-corrected chi connectivity index (χ4v) is 4.34. The van der Waals surface area contributed by atoms with E-state index in [9.17, 15) is 18.5 Å². The van der Waals surface area contributed by atoms with Crippen LogP contribution in [0.2, 0.25) is 5.02 Å². The largest absolute Gasteiger partial charge is 0.378 e. The SMILES string of the molecule is NCCCOC1CCN(S(=O)(=O)c2ccc(Cl)cc2[N+](=O)[O-])CC1. The smallest absolute Gasteiger partial charge is 0.290 e. The molecule has 1 saturated heterocycles. The average molecular weight is 378 g/mol. The fourth-order valence-electron chi connectivity index (χ4n) is 2.56. The first-order valence-electron chi connectivity index (χ1n) is 7.62. The van der Waals surface area contributed by atoms with E-state index in [0.29, 0.717) is 26.0 Å². The minimum absolute atomic E-state index is 0.0109. The molecule has 1 heterocycles. The second kappa shape index (κ2) is 8.21. The summed E-state index contributed by atoms with van der Waals surface area (Å²) in [6.45, 7) is 1.62. The molecule has 1 aromatic rings. The number of sulfonamides is 1. The van der Waals surface area contributed by atoms with Gasteiger partial charge in [0.2, 0.25) is 10.0 Å². The standard InChI is InChI=1S/C14H20ClN3O5S/c15-11-2-3-14(13(10-11)18(19)20)24(21,22)17-7-4-12(5-8-17)23-9-1-6-16/h2-3,10,12H,1,4-9,16H2. The van der Waals surface area contributed by atoms with E-state index in [0.717, 1.165) is 12.5 Å². The van der Waals surface area contributed by atoms with Gasteiger partial charge in [0.25, 0.3) is 5.69 Å². The number of ether oxygens (including phenoxy) is 1. The van der Waals surface area contributed by atoms with Crippen molar-refractivity contribution in [1.82, 2.24) is 4.31 Å². The van der Waals surface area contributed by atoms with Gasteiger partial charge in [-0.3, -0.25) is 10.1 Å². The van der Waals surface area contributed by atoms with Crippen LogP contribution in [0.3, 0.4) is 0 Å². The molecule has 1 fully saturated rings. The van der Waals surface area contributed by atoms with Gasteiger partial charge in [0, 0.05) is 30.8 Å². The highest BCUT2D eigenvalue weighted by Gasteiger charge is 2.34. The van der Waals surface area contributed by atoms with Crippen molar-refractivity contribution in [3.05, 3.63) is 33.3 Å². The van der Waals surface area contributed by atoms with Gasteiger partial charge in [-0.1, -0.05) is 11.6 Å². The van der Waals surface area contributed by atoms with Gasteiger partial charge >= 0.3 is 0 Å². The van der Waals surface area contributed by atoms with Crippen LogP contribution < -0.4 is 5.73 Å². The van der Waals surface area contributed by atoms with E-state index in [1.54, 1.807) is 0 Å².